The number of benzene rings is 1. The lowest BCUT2D eigenvalue weighted by Crippen LogP contribution is -2.40. The third-order valence-corrected chi connectivity index (χ3v) is 7.06. The number of pyridine rings is 1. The second-order valence-corrected chi connectivity index (χ2v) is 10.5. The second kappa shape index (κ2) is 11.0. The van der Waals surface area contributed by atoms with Crippen molar-refractivity contribution in [3.8, 4) is 0 Å². The van der Waals surface area contributed by atoms with Crippen molar-refractivity contribution in [2.75, 3.05) is 13.2 Å². The van der Waals surface area contributed by atoms with Gasteiger partial charge in [-0.25, -0.2) is 22.9 Å². The summed E-state index contributed by atoms with van der Waals surface area (Å²) < 4.78 is 35.8. The van der Waals surface area contributed by atoms with Crippen molar-refractivity contribution < 1.29 is 17.9 Å². The van der Waals surface area contributed by atoms with Crippen molar-refractivity contribution in [1.82, 2.24) is 24.6 Å². The van der Waals surface area contributed by atoms with Crippen LogP contribution >= 0.6 is 0 Å². The van der Waals surface area contributed by atoms with E-state index in [1.807, 2.05) is 38.5 Å². The first-order valence-electron chi connectivity index (χ1n) is 11.4. The molecule has 184 valence electrons. The van der Waals surface area contributed by atoms with Crippen LogP contribution in [0.25, 0.3) is 11.0 Å². The SMILES string of the molecule is CCNC(=O)OC[C@H](CC(C)C)NS(=O)(=O)c1ccc(Cc2nccc3c2nc(C)n3C)cc1. The minimum Gasteiger partial charge on any atom is -0.448 e. The first kappa shape index (κ1) is 25.6. The number of alkyl carbamates (subject to hydrolysis) is 1. The van der Waals surface area contributed by atoms with E-state index in [2.05, 4.69) is 20.0 Å². The van der Waals surface area contributed by atoms with Gasteiger partial charge in [-0.05, 0) is 49.9 Å². The number of aromatic nitrogens is 3. The molecule has 1 atom stereocenters. The quantitative estimate of drug-likeness (QED) is 0.453. The number of nitrogens with zero attached hydrogens (tertiary/aromatic N) is 3. The zero-order valence-electron chi connectivity index (χ0n) is 20.3. The lowest BCUT2D eigenvalue weighted by atomic mass is 10.1. The summed E-state index contributed by atoms with van der Waals surface area (Å²) in [6, 6.07) is 8.14. The Bertz CT molecular complexity index is 1240. The Kier molecular flexibility index (Phi) is 8.27. The Hall–Kier alpha value is -2.98. The maximum atomic E-state index is 13.0. The monoisotopic (exact) mass is 487 g/mol. The number of hydrogen-bond acceptors (Lipinski definition) is 6. The first-order valence-corrected chi connectivity index (χ1v) is 12.9. The number of carbonyl (C=O) groups is 1. The summed E-state index contributed by atoms with van der Waals surface area (Å²) in [7, 11) is -1.82. The summed E-state index contributed by atoms with van der Waals surface area (Å²) in [6.07, 6.45) is 2.28. The Morgan fingerprint density at radius 3 is 2.53 bits per heavy atom. The van der Waals surface area contributed by atoms with E-state index in [9.17, 15) is 13.2 Å². The molecule has 34 heavy (non-hydrogen) atoms. The number of rotatable bonds is 10. The molecular formula is C24H33N5O4S. The van der Waals surface area contributed by atoms with Crippen LogP contribution in [0.5, 0.6) is 0 Å². The van der Waals surface area contributed by atoms with Gasteiger partial charge in [-0.3, -0.25) is 4.98 Å². The van der Waals surface area contributed by atoms with Gasteiger partial charge in [0.1, 0.15) is 17.9 Å². The van der Waals surface area contributed by atoms with E-state index in [1.165, 1.54) is 0 Å². The molecule has 0 fully saturated rings. The van der Waals surface area contributed by atoms with Crippen molar-refractivity contribution in [2.24, 2.45) is 13.0 Å². The predicted molar refractivity (Wildman–Crippen MR) is 131 cm³/mol. The zero-order valence-corrected chi connectivity index (χ0v) is 21.1. The fourth-order valence-corrected chi connectivity index (χ4v) is 5.01. The summed E-state index contributed by atoms with van der Waals surface area (Å²) >= 11 is 0. The third-order valence-electron chi connectivity index (χ3n) is 5.52. The molecule has 9 nitrogen and oxygen atoms in total. The highest BCUT2D eigenvalue weighted by Crippen LogP contribution is 2.21. The number of carbonyl (C=O) groups excluding carboxylic acids is 1. The van der Waals surface area contributed by atoms with Crippen molar-refractivity contribution in [3.05, 3.63) is 53.6 Å². The van der Waals surface area contributed by atoms with E-state index in [1.54, 1.807) is 37.4 Å². The molecule has 0 saturated carbocycles. The van der Waals surface area contributed by atoms with Gasteiger partial charge < -0.3 is 14.6 Å². The molecule has 0 aliphatic heterocycles. The van der Waals surface area contributed by atoms with Crippen LogP contribution in [0.15, 0.2) is 41.4 Å². The molecule has 2 aromatic heterocycles. The summed E-state index contributed by atoms with van der Waals surface area (Å²) in [5.41, 5.74) is 3.64. The molecule has 2 N–H and O–H groups in total. The highest BCUT2D eigenvalue weighted by atomic mass is 32.2. The van der Waals surface area contributed by atoms with E-state index in [4.69, 9.17) is 4.74 Å². The topological polar surface area (TPSA) is 115 Å². The van der Waals surface area contributed by atoms with E-state index in [0.717, 1.165) is 28.1 Å². The minimum atomic E-state index is -3.78. The summed E-state index contributed by atoms with van der Waals surface area (Å²) in [5, 5.41) is 2.54. The molecule has 3 rings (SSSR count). The largest absolute Gasteiger partial charge is 0.448 e. The third kappa shape index (κ3) is 6.32. The van der Waals surface area contributed by atoms with E-state index in [0.29, 0.717) is 19.4 Å². The van der Waals surface area contributed by atoms with Crippen LogP contribution in [0.3, 0.4) is 0 Å². The van der Waals surface area contributed by atoms with Gasteiger partial charge >= 0.3 is 6.09 Å². The molecule has 10 heteroatoms. The fourth-order valence-electron chi connectivity index (χ4n) is 3.78. The van der Waals surface area contributed by atoms with Crippen LogP contribution in [0.1, 0.15) is 44.3 Å². The van der Waals surface area contributed by atoms with Gasteiger partial charge in [0.15, 0.2) is 0 Å². The molecule has 1 amide bonds. The minimum absolute atomic E-state index is 0.0412. The number of fused-ring (bicyclic) bond motifs is 1. The molecule has 0 spiro atoms. The maximum absolute atomic E-state index is 13.0. The second-order valence-electron chi connectivity index (χ2n) is 8.74. The molecule has 0 unspecified atom stereocenters. The molecule has 0 aliphatic carbocycles. The Labute approximate surface area is 201 Å². The van der Waals surface area contributed by atoms with Crippen LogP contribution in [0, 0.1) is 12.8 Å². The number of sulfonamides is 1. The van der Waals surface area contributed by atoms with Gasteiger partial charge in [0, 0.05) is 26.2 Å². The first-order chi connectivity index (χ1) is 16.1. The highest BCUT2D eigenvalue weighted by Gasteiger charge is 2.22. The number of imidazole rings is 1. The number of nitrogens with one attached hydrogen (secondary N) is 2. The normalized spacial score (nSPS) is 12.8. The van der Waals surface area contributed by atoms with Gasteiger partial charge in [0.05, 0.1) is 22.1 Å². The Balaban J connectivity index is 1.73. The molecule has 0 saturated heterocycles. The van der Waals surface area contributed by atoms with Gasteiger partial charge in [-0.15, -0.1) is 0 Å². The maximum Gasteiger partial charge on any atom is 0.407 e. The van der Waals surface area contributed by atoms with Gasteiger partial charge in [-0.1, -0.05) is 26.0 Å². The summed E-state index contributed by atoms with van der Waals surface area (Å²) in [6.45, 7) is 8.10. The van der Waals surface area contributed by atoms with E-state index >= 15 is 0 Å². The van der Waals surface area contributed by atoms with Crippen molar-refractivity contribution in [1.29, 1.82) is 0 Å². The van der Waals surface area contributed by atoms with Crippen LogP contribution in [-0.4, -0.2) is 48.2 Å². The van der Waals surface area contributed by atoms with Crippen LogP contribution in [-0.2, 0) is 28.2 Å². The zero-order chi connectivity index (χ0) is 24.9. The molecule has 0 bridgehead atoms. The molecule has 3 aromatic rings. The van der Waals surface area contributed by atoms with Gasteiger partial charge in [0.2, 0.25) is 10.0 Å². The summed E-state index contributed by atoms with van der Waals surface area (Å²) in [4.78, 5) is 20.9. The summed E-state index contributed by atoms with van der Waals surface area (Å²) in [5.74, 6) is 1.13. The van der Waals surface area contributed by atoms with Crippen LogP contribution in [0.4, 0.5) is 4.79 Å². The molecule has 1 aromatic carbocycles. The lowest BCUT2D eigenvalue weighted by Gasteiger charge is -2.20. The molecule has 0 radical (unpaired) electrons. The average Bonchev–Trinajstić information content (AvgIpc) is 3.07. The highest BCUT2D eigenvalue weighted by molar-refractivity contribution is 7.89. The van der Waals surface area contributed by atoms with Gasteiger partial charge in [0.25, 0.3) is 0 Å². The van der Waals surface area contributed by atoms with Crippen molar-refractivity contribution in [2.45, 2.75) is 51.5 Å². The standard InChI is InChI=1S/C24H33N5O4S/c1-6-25-24(30)33-15-19(13-16(2)3)28-34(31,32)20-9-7-18(8-10-20)14-21-23-22(11-12-26-21)29(5)17(4)27-23/h7-12,16,19,28H,6,13-15H2,1-5H3,(H,25,30)/t19-/m0/s1. The predicted octanol–water partition coefficient (Wildman–Crippen LogP) is 3.31. The smallest absolute Gasteiger partial charge is 0.407 e. The van der Waals surface area contributed by atoms with Crippen molar-refractivity contribution in [3.63, 3.8) is 0 Å². The molecular weight excluding hydrogens is 454 g/mol. The molecule has 0 aliphatic rings. The average molecular weight is 488 g/mol. The lowest BCUT2D eigenvalue weighted by molar-refractivity contribution is 0.133. The number of aryl methyl sites for hydroxylation is 2. The Morgan fingerprint density at radius 1 is 1.18 bits per heavy atom. The number of amides is 1. The van der Waals surface area contributed by atoms with Crippen molar-refractivity contribution >= 4 is 27.1 Å². The van der Waals surface area contributed by atoms with E-state index < -0.39 is 22.2 Å². The Morgan fingerprint density at radius 2 is 1.88 bits per heavy atom. The van der Waals surface area contributed by atoms with Crippen LogP contribution in [0.2, 0.25) is 0 Å². The van der Waals surface area contributed by atoms with E-state index in [-0.39, 0.29) is 17.4 Å². The number of ether oxygens (including phenoxy) is 1. The van der Waals surface area contributed by atoms with Crippen LogP contribution < -0.4 is 10.0 Å². The number of hydrogen-bond donors (Lipinski definition) is 2. The van der Waals surface area contributed by atoms with Gasteiger partial charge in [-0.2, -0.15) is 0 Å². The molecule has 2 heterocycles. The fraction of sp³-hybridized carbons (Fsp3) is 0.458.